The van der Waals surface area contributed by atoms with Gasteiger partial charge in [0.15, 0.2) is 0 Å². The summed E-state index contributed by atoms with van der Waals surface area (Å²) in [7, 11) is 0. The van der Waals surface area contributed by atoms with E-state index >= 15 is 0 Å². The molecule has 0 radical (unpaired) electrons. The van der Waals surface area contributed by atoms with Crippen molar-refractivity contribution in [2.75, 3.05) is 0 Å². The number of rotatable bonds is 2. The Morgan fingerprint density at radius 3 is 2.18 bits per heavy atom. The molecule has 0 atom stereocenters. The smallest absolute Gasteiger partial charge is 0.315 e. The minimum atomic E-state index is -0.496. The fraction of sp³-hybridized carbons (Fsp3) is 0.750. The van der Waals surface area contributed by atoms with E-state index in [1.54, 1.807) is 0 Å². The second-order valence-electron chi connectivity index (χ2n) is 6.01. The average molecular weight is 240 g/mol. The molecule has 0 aliphatic carbocycles. The summed E-state index contributed by atoms with van der Waals surface area (Å²) in [6.45, 7) is 11.4. The minimum absolute atomic E-state index is 0.0142. The van der Waals surface area contributed by atoms with Gasteiger partial charge in [0, 0.05) is 5.41 Å². The Morgan fingerprint density at radius 1 is 1.18 bits per heavy atom. The van der Waals surface area contributed by atoms with Gasteiger partial charge in [-0.05, 0) is 20.8 Å². The monoisotopic (exact) mass is 240 g/mol. The lowest BCUT2D eigenvalue weighted by Gasteiger charge is -2.18. The molecule has 5 nitrogen and oxygen atoms in total. The first-order valence-corrected chi connectivity index (χ1v) is 5.62. The zero-order chi connectivity index (χ0) is 13.3. The molecule has 1 rings (SSSR count). The second kappa shape index (κ2) is 4.47. The van der Waals surface area contributed by atoms with Gasteiger partial charge >= 0.3 is 5.97 Å². The molecule has 1 aromatic rings. The van der Waals surface area contributed by atoms with Crippen LogP contribution in [-0.4, -0.2) is 21.8 Å². The van der Waals surface area contributed by atoms with Crippen LogP contribution in [-0.2, 0) is 21.4 Å². The van der Waals surface area contributed by atoms with Crippen LogP contribution < -0.4 is 0 Å². The Hall–Kier alpha value is -1.39. The Kier molecular flexibility index (Phi) is 3.59. The lowest BCUT2D eigenvalue weighted by molar-refractivity contribution is -0.154. The normalized spacial score (nSPS) is 12.6. The molecule has 17 heavy (non-hydrogen) atoms. The summed E-state index contributed by atoms with van der Waals surface area (Å²) in [4.78, 5) is 11.5. The molecule has 0 saturated carbocycles. The number of nitrogens with zero attached hydrogens (tertiary/aromatic N) is 2. The summed E-state index contributed by atoms with van der Waals surface area (Å²) in [5.74, 6) is 0.460. The largest absolute Gasteiger partial charge is 0.460 e. The number of carbonyl (C=O) groups is 1. The van der Waals surface area contributed by atoms with E-state index in [0.717, 1.165) is 0 Å². The molecule has 0 spiro atoms. The third-order valence-electron chi connectivity index (χ3n) is 1.82. The maximum atomic E-state index is 11.5. The van der Waals surface area contributed by atoms with Gasteiger partial charge in [0.25, 0.3) is 0 Å². The molecule has 0 aliphatic heterocycles. The highest BCUT2D eigenvalue weighted by Crippen LogP contribution is 2.20. The van der Waals surface area contributed by atoms with Crippen LogP contribution in [0.15, 0.2) is 4.42 Å². The molecular weight excluding hydrogens is 220 g/mol. The van der Waals surface area contributed by atoms with Gasteiger partial charge in [0.05, 0.1) is 0 Å². The predicted octanol–water partition coefficient (Wildman–Crippen LogP) is 2.25. The van der Waals surface area contributed by atoms with E-state index < -0.39 is 5.60 Å². The third kappa shape index (κ3) is 4.54. The van der Waals surface area contributed by atoms with E-state index in [4.69, 9.17) is 9.15 Å². The highest BCUT2D eigenvalue weighted by atomic mass is 16.6. The van der Waals surface area contributed by atoms with Crippen LogP contribution in [0.5, 0.6) is 0 Å². The van der Waals surface area contributed by atoms with Gasteiger partial charge in [0.1, 0.15) is 12.0 Å². The number of carbonyl (C=O) groups excluding carboxylic acids is 1. The first-order valence-electron chi connectivity index (χ1n) is 5.62. The van der Waals surface area contributed by atoms with Crippen molar-refractivity contribution in [3.8, 4) is 0 Å². The van der Waals surface area contributed by atoms with Gasteiger partial charge in [-0.15, -0.1) is 10.2 Å². The van der Waals surface area contributed by atoms with Crippen molar-refractivity contribution in [1.29, 1.82) is 0 Å². The SMILES string of the molecule is CC(C)(C)OC(=O)Cc1nnc(C(C)(C)C)o1. The van der Waals surface area contributed by atoms with Crippen LogP contribution in [0.3, 0.4) is 0 Å². The lowest BCUT2D eigenvalue weighted by Crippen LogP contribution is -2.25. The minimum Gasteiger partial charge on any atom is -0.460 e. The molecule has 96 valence electrons. The summed E-state index contributed by atoms with van der Waals surface area (Å²) in [6, 6.07) is 0. The predicted molar refractivity (Wildman–Crippen MR) is 62.5 cm³/mol. The Bertz CT molecular complexity index is 397. The number of hydrogen-bond acceptors (Lipinski definition) is 5. The molecular formula is C12H20N2O3. The van der Waals surface area contributed by atoms with E-state index in [1.807, 2.05) is 41.5 Å². The van der Waals surface area contributed by atoms with Crippen molar-refractivity contribution in [2.24, 2.45) is 0 Å². The Labute approximate surface area is 102 Å². The topological polar surface area (TPSA) is 65.2 Å². The van der Waals surface area contributed by atoms with E-state index in [2.05, 4.69) is 10.2 Å². The van der Waals surface area contributed by atoms with Crippen molar-refractivity contribution in [1.82, 2.24) is 10.2 Å². The Morgan fingerprint density at radius 2 is 1.76 bits per heavy atom. The van der Waals surface area contributed by atoms with Gasteiger partial charge in [-0.25, -0.2) is 0 Å². The maximum absolute atomic E-state index is 11.5. The standard InChI is InChI=1S/C12H20N2O3/c1-11(2,3)10-14-13-8(16-10)7-9(15)17-12(4,5)6/h7H2,1-6H3. The van der Waals surface area contributed by atoms with E-state index in [9.17, 15) is 4.79 Å². The van der Waals surface area contributed by atoms with Gasteiger partial charge in [-0.1, -0.05) is 20.8 Å². The maximum Gasteiger partial charge on any atom is 0.315 e. The molecule has 0 bridgehead atoms. The van der Waals surface area contributed by atoms with E-state index in [0.29, 0.717) is 11.8 Å². The van der Waals surface area contributed by atoms with Gasteiger partial charge in [0.2, 0.25) is 11.8 Å². The molecule has 0 aliphatic rings. The number of ether oxygens (including phenoxy) is 1. The molecule has 0 aromatic carbocycles. The first kappa shape index (κ1) is 13.7. The van der Waals surface area contributed by atoms with Gasteiger partial charge in [-0.3, -0.25) is 4.79 Å². The zero-order valence-corrected chi connectivity index (χ0v) is 11.3. The first-order chi connectivity index (χ1) is 7.58. The molecule has 0 unspecified atom stereocenters. The summed E-state index contributed by atoms with van der Waals surface area (Å²) in [5, 5.41) is 7.75. The van der Waals surface area contributed by atoms with Crippen LogP contribution in [0, 0.1) is 0 Å². The lowest BCUT2D eigenvalue weighted by atomic mass is 9.97. The quantitative estimate of drug-likeness (QED) is 0.742. The molecule has 0 amide bonds. The Balaban J connectivity index is 2.65. The van der Waals surface area contributed by atoms with Crippen LogP contribution in [0.2, 0.25) is 0 Å². The van der Waals surface area contributed by atoms with Crippen molar-refractivity contribution in [3.63, 3.8) is 0 Å². The fourth-order valence-corrected chi connectivity index (χ4v) is 1.13. The molecule has 1 aromatic heterocycles. The number of hydrogen-bond donors (Lipinski definition) is 0. The van der Waals surface area contributed by atoms with Crippen molar-refractivity contribution >= 4 is 5.97 Å². The molecule has 0 fully saturated rings. The average Bonchev–Trinajstić information content (AvgIpc) is 2.47. The number of esters is 1. The van der Waals surface area contributed by atoms with Crippen molar-refractivity contribution in [2.45, 2.75) is 59.0 Å². The summed E-state index contributed by atoms with van der Waals surface area (Å²) >= 11 is 0. The van der Waals surface area contributed by atoms with Gasteiger partial charge < -0.3 is 9.15 Å². The summed E-state index contributed by atoms with van der Waals surface area (Å²) < 4.78 is 10.6. The van der Waals surface area contributed by atoms with Crippen molar-refractivity contribution in [3.05, 3.63) is 11.8 Å². The second-order valence-corrected chi connectivity index (χ2v) is 6.01. The molecule has 0 saturated heterocycles. The van der Waals surface area contributed by atoms with Crippen LogP contribution >= 0.6 is 0 Å². The molecule has 0 N–H and O–H groups in total. The van der Waals surface area contributed by atoms with Crippen LogP contribution in [0.1, 0.15) is 53.3 Å². The highest BCUT2D eigenvalue weighted by molar-refractivity contribution is 5.71. The zero-order valence-electron chi connectivity index (χ0n) is 11.3. The summed E-state index contributed by atoms with van der Waals surface area (Å²) in [6.07, 6.45) is 0.0142. The molecule has 1 heterocycles. The van der Waals surface area contributed by atoms with Gasteiger partial charge in [-0.2, -0.15) is 0 Å². The highest BCUT2D eigenvalue weighted by Gasteiger charge is 2.23. The van der Waals surface area contributed by atoms with E-state index in [-0.39, 0.29) is 17.8 Å². The third-order valence-corrected chi connectivity index (χ3v) is 1.82. The molecule has 5 heteroatoms. The van der Waals surface area contributed by atoms with E-state index in [1.165, 1.54) is 0 Å². The van der Waals surface area contributed by atoms with Crippen molar-refractivity contribution < 1.29 is 13.9 Å². The van der Waals surface area contributed by atoms with Crippen LogP contribution in [0.4, 0.5) is 0 Å². The number of aromatic nitrogens is 2. The fourth-order valence-electron chi connectivity index (χ4n) is 1.13. The van der Waals surface area contributed by atoms with Crippen LogP contribution in [0.25, 0.3) is 0 Å². The summed E-state index contributed by atoms with van der Waals surface area (Å²) in [5.41, 5.74) is -0.705.